The fourth-order valence-electron chi connectivity index (χ4n) is 2.80. The Hall–Kier alpha value is -2.17. The Balaban J connectivity index is 1.93. The van der Waals surface area contributed by atoms with Crippen LogP contribution in [0.1, 0.15) is 25.0 Å². The van der Waals surface area contributed by atoms with Crippen LogP contribution in [0.4, 0.5) is 4.39 Å². The van der Waals surface area contributed by atoms with Crippen LogP contribution < -0.4 is 5.32 Å². The molecule has 3 nitrogen and oxygen atoms in total. The van der Waals surface area contributed by atoms with E-state index < -0.39 is 0 Å². The van der Waals surface area contributed by atoms with Crippen molar-refractivity contribution in [3.8, 4) is 0 Å². The lowest BCUT2D eigenvalue weighted by Gasteiger charge is -2.23. The zero-order valence-corrected chi connectivity index (χ0v) is 14.1. The highest BCUT2D eigenvalue weighted by molar-refractivity contribution is 5.84. The van der Waals surface area contributed by atoms with E-state index in [9.17, 15) is 9.50 Å². The molecule has 1 aromatic heterocycles. The molecule has 24 heavy (non-hydrogen) atoms. The van der Waals surface area contributed by atoms with E-state index in [1.165, 1.54) is 6.07 Å². The largest absolute Gasteiger partial charge is 0.394 e. The fraction of sp³-hybridized carbons (Fsp3) is 0.300. The molecule has 2 N–H and O–H groups in total. The summed E-state index contributed by atoms with van der Waals surface area (Å²) in [7, 11) is 0. The number of benzene rings is 2. The third kappa shape index (κ3) is 3.50. The van der Waals surface area contributed by atoms with Gasteiger partial charge in [0, 0.05) is 34.7 Å². The predicted molar refractivity (Wildman–Crippen MR) is 95.4 cm³/mol. The van der Waals surface area contributed by atoms with Gasteiger partial charge in [0.25, 0.3) is 0 Å². The Kier molecular flexibility index (Phi) is 4.69. The Bertz CT molecular complexity index is 839. The average Bonchev–Trinajstić information content (AvgIpc) is 2.93. The van der Waals surface area contributed by atoms with E-state index in [0.717, 1.165) is 16.5 Å². The van der Waals surface area contributed by atoms with Gasteiger partial charge < -0.3 is 15.0 Å². The zero-order valence-electron chi connectivity index (χ0n) is 14.1. The molecule has 0 saturated carbocycles. The number of aromatic nitrogens is 1. The molecule has 2 aromatic carbocycles. The quantitative estimate of drug-likeness (QED) is 0.725. The fourth-order valence-corrected chi connectivity index (χ4v) is 2.80. The first-order valence-corrected chi connectivity index (χ1v) is 8.16. The first-order chi connectivity index (χ1) is 11.5. The molecule has 3 rings (SSSR count). The topological polar surface area (TPSA) is 37.2 Å². The third-order valence-corrected chi connectivity index (χ3v) is 4.32. The molecule has 126 valence electrons. The smallest absolute Gasteiger partial charge is 0.128 e. The normalized spacial score (nSPS) is 12.0. The molecule has 0 aliphatic heterocycles. The van der Waals surface area contributed by atoms with Crippen LogP contribution >= 0.6 is 0 Å². The lowest BCUT2D eigenvalue weighted by atomic mass is 10.1. The molecule has 0 aliphatic carbocycles. The molecule has 0 unspecified atom stereocenters. The van der Waals surface area contributed by atoms with Gasteiger partial charge in [-0.2, -0.15) is 0 Å². The number of aliphatic hydroxyl groups excluding tert-OH is 1. The van der Waals surface area contributed by atoms with Gasteiger partial charge in [0.2, 0.25) is 0 Å². The van der Waals surface area contributed by atoms with Gasteiger partial charge in [0.1, 0.15) is 5.82 Å². The van der Waals surface area contributed by atoms with Gasteiger partial charge in [-0.25, -0.2) is 4.39 Å². The average molecular weight is 326 g/mol. The number of para-hydroxylation sites is 1. The summed E-state index contributed by atoms with van der Waals surface area (Å²) in [6, 6.07) is 15.0. The number of hydrogen-bond donors (Lipinski definition) is 2. The van der Waals surface area contributed by atoms with Gasteiger partial charge >= 0.3 is 0 Å². The SMILES string of the molecule is CC(C)(CO)NCc1cn(Cc2ccccc2F)c2ccccc12. The minimum atomic E-state index is -0.339. The molecule has 0 spiro atoms. The maximum absolute atomic E-state index is 14.0. The van der Waals surface area contributed by atoms with E-state index in [1.807, 2.05) is 38.1 Å². The maximum atomic E-state index is 14.0. The van der Waals surface area contributed by atoms with Crippen molar-refractivity contribution in [3.63, 3.8) is 0 Å². The number of hydrogen-bond acceptors (Lipinski definition) is 2. The second-order valence-electron chi connectivity index (χ2n) is 6.79. The molecule has 0 aliphatic rings. The van der Waals surface area contributed by atoms with E-state index in [-0.39, 0.29) is 18.0 Å². The molecule has 0 atom stereocenters. The molecular weight excluding hydrogens is 303 g/mol. The molecule has 0 bridgehead atoms. The number of rotatable bonds is 6. The van der Waals surface area contributed by atoms with Crippen molar-refractivity contribution in [1.82, 2.24) is 9.88 Å². The van der Waals surface area contributed by atoms with Crippen molar-refractivity contribution in [1.29, 1.82) is 0 Å². The summed E-state index contributed by atoms with van der Waals surface area (Å²) >= 11 is 0. The van der Waals surface area contributed by atoms with E-state index in [1.54, 1.807) is 6.07 Å². The van der Waals surface area contributed by atoms with E-state index in [2.05, 4.69) is 28.2 Å². The van der Waals surface area contributed by atoms with Crippen molar-refractivity contribution >= 4 is 10.9 Å². The number of halogens is 1. The van der Waals surface area contributed by atoms with Crippen LogP contribution in [0.5, 0.6) is 0 Å². The molecule has 0 saturated heterocycles. The predicted octanol–water partition coefficient (Wildman–Crippen LogP) is 3.69. The van der Waals surface area contributed by atoms with E-state index >= 15 is 0 Å². The van der Waals surface area contributed by atoms with Gasteiger partial charge in [0.15, 0.2) is 0 Å². The van der Waals surface area contributed by atoms with Crippen molar-refractivity contribution in [2.24, 2.45) is 0 Å². The summed E-state index contributed by atoms with van der Waals surface area (Å²) in [5.41, 5.74) is 2.56. The monoisotopic (exact) mass is 326 g/mol. The second-order valence-corrected chi connectivity index (χ2v) is 6.79. The van der Waals surface area contributed by atoms with Crippen LogP contribution in [0.3, 0.4) is 0 Å². The van der Waals surface area contributed by atoms with Crippen LogP contribution in [0.15, 0.2) is 54.7 Å². The van der Waals surface area contributed by atoms with Crippen molar-refractivity contribution in [2.75, 3.05) is 6.61 Å². The number of aliphatic hydroxyl groups is 1. The molecule has 0 radical (unpaired) electrons. The lowest BCUT2D eigenvalue weighted by Crippen LogP contribution is -2.42. The van der Waals surface area contributed by atoms with Crippen LogP contribution in [-0.4, -0.2) is 21.8 Å². The standard InChI is InChI=1S/C20H23FN2O/c1-20(2,14-24)22-11-16-13-23(19-10-6-4-8-17(16)19)12-15-7-3-5-9-18(15)21/h3-10,13,22,24H,11-12,14H2,1-2H3. The molecule has 3 aromatic rings. The zero-order chi connectivity index (χ0) is 17.2. The van der Waals surface area contributed by atoms with E-state index in [0.29, 0.717) is 18.7 Å². The summed E-state index contributed by atoms with van der Waals surface area (Å²) in [4.78, 5) is 0. The minimum Gasteiger partial charge on any atom is -0.394 e. The summed E-state index contributed by atoms with van der Waals surface area (Å²) in [5.74, 6) is -0.184. The first kappa shape index (κ1) is 16.7. The molecular formula is C20H23FN2O. The minimum absolute atomic E-state index is 0.0703. The van der Waals surface area contributed by atoms with Crippen LogP contribution in [0.25, 0.3) is 10.9 Å². The van der Waals surface area contributed by atoms with Crippen molar-refractivity contribution in [3.05, 3.63) is 71.7 Å². The lowest BCUT2D eigenvalue weighted by molar-refractivity contribution is 0.187. The maximum Gasteiger partial charge on any atom is 0.128 e. The Labute approximate surface area is 141 Å². The second kappa shape index (κ2) is 6.75. The number of nitrogens with zero attached hydrogens (tertiary/aromatic N) is 1. The Morgan fingerprint density at radius 2 is 1.75 bits per heavy atom. The number of fused-ring (bicyclic) bond motifs is 1. The molecule has 0 fully saturated rings. The third-order valence-electron chi connectivity index (χ3n) is 4.32. The van der Waals surface area contributed by atoms with Crippen LogP contribution in [0.2, 0.25) is 0 Å². The van der Waals surface area contributed by atoms with Gasteiger partial charge in [0.05, 0.1) is 13.2 Å². The highest BCUT2D eigenvalue weighted by Gasteiger charge is 2.17. The Morgan fingerprint density at radius 1 is 1.04 bits per heavy atom. The van der Waals surface area contributed by atoms with Crippen molar-refractivity contribution < 1.29 is 9.50 Å². The van der Waals surface area contributed by atoms with Gasteiger partial charge in [-0.05, 0) is 31.5 Å². The van der Waals surface area contributed by atoms with Crippen LogP contribution in [0, 0.1) is 5.82 Å². The molecule has 0 amide bonds. The van der Waals surface area contributed by atoms with Gasteiger partial charge in [-0.15, -0.1) is 0 Å². The molecule has 1 heterocycles. The van der Waals surface area contributed by atoms with E-state index in [4.69, 9.17) is 0 Å². The highest BCUT2D eigenvalue weighted by atomic mass is 19.1. The van der Waals surface area contributed by atoms with Gasteiger partial charge in [-0.1, -0.05) is 36.4 Å². The summed E-state index contributed by atoms with van der Waals surface area (Å²) in [5, 5.41) is 13.9. The summed E-state index contributed by atoms with van der Waals surface area (Å²) in [6.45, 7) is 5.15. The summed E-state index contributed by atoms with van der Waals surface area (Å²) in [6.07, 6.45) is 2.07. The summed E-state index contributed by atoms with van der Waals surface area (Å²) < 4.78 is 16.1. The van der Waals surface area contributed by atoms with Gasteiger partial charge in [-0.3, -0.25) is 0 Å². The Morgan fingerprint density at radius 3 is 2.50 bits per heavy atom. The molecule has 4 heteroatoms. The number of nitrogens with one attached hydrogen (secondary N) is 1. The first-order valence-electron chi connectivity index (χ1n) is 8.16. The van der Waals surface area contributed by atoms with Crippen molar-refractivity contribution in [2.45, 2.75) is 32.5 Å². The van der Waals surface area contributed by atoms with Crippen LogP contribution in [-0.2, 0) is 13.1 Å². The highest BCUT2D eigenvalue weighted by Crippen LogP contribution is 2.23.